The van der Waals surface area contributed by atoms with Gasteiger partial charge < -0.3 is 4.84 Å². The Morgan fingerprint density at radius 1 is 1.07 bits per heavy atom. The second-order valence-corrected chi connectivity index (χ2v) is 6.96. The van der Waals surface area contributed by atoms with Gasteiger partial charge in [0, 0.05) is 10.9 Å². The van der Waals surface area contributed by atoms with E-state index < -0.39 is 17.8 Å². The molecule has 2 heterocycles. The first-order valence-corrected chi connectivity index (χ1v) is 9.11. The van der Waals surface area contributed by atoms with E-state index in [1.807, 2.05) is 31.2 Å². The van der Waals surface area contributed by atoms with Crippen LogP contribution < -0.4 is 0 Å². The number of rotatable bonds is 4. The van der Waals surface area contributed by atoms with Gasteiger partial charge in [-0.05, 0) is 25.1 Å². The summed E-state index contributed by atoms with van der Waals surface area (Å²) in [6.45, 7) is 2.00. The lowest BCUT2D eigenvalue weighted by atomic mass is 10.1. The minimum atomic E-state index is -0.717. The van der Waals surface area contributed by atoms with Crippen LogP contribution in [0.5, 0.6) is 0 Å². The van der Waals surface area contributed by atoms with Gasteiger partial charge in [-0.25, -0.2) is 9.78 Å². The molecule has 1 aromatic heterocycles. The molecule has 2 aromatic carbocycles. The highest BCUT2D eigenvalue weighted by atomic mass is 32.1. The Morgan fingerprint density at radius 2 is 1.78 bits per heavy atom. The smallest absolute Gasteiger partial charge is 0.329 e. The molecule has 3 aromatic rings. The van der Waals surface area contributed by atoms with Crippen LogP contribution in [0.25, 0.3) is 10.6 Å². The number of aromatic nitrogens is 1. The van der Waals surface area contributed by atoms with Gasteiger partial charge in [0.2, 0.25) is 0 Å². The van der Waals surface area contributed by atoms with Crippen LogP contribution in [0.1, 0.15) is 32.0 Å². The number of amides is 2. The predicted octanol–water partition coefficient (Wildman–Crippen LogP) is 3.42. The van der Waals surface area contributed by atoms with Gasteiger partial charge in [0.05, 0.1) is 23.2 Å². The second-order valence-electron chi connectivity index (χ2n) is 6.10. The van der Waals surface area contributed by atoms with Crippen molar-refractivity contribution >= 4 is 29.1 Å². The minimum Gasteiger partial charge on any atom is -0.329 e. The van der Waals surface area contributed by atoms with Gasteiger partial charge >= 0.3 is 5.97 Å². The van der Waals surface area contributed by atoms with Crippen LogP contribution in [0, 0.1) is 6.92 Å². The first-order valence-electron chi connectivity index (χ1n) is 8.23. The van der Waals surface area contributed by atoms with Gasteiger partial charge in [0.1, 0.15) is 5.01 Å². The number of aryl methyl sites for hydroxylation is 1. The van der Waals surface area contributed by atoms with Gasteiger partial charge in [-0.15, -0.1) is 11.3 Å². The third kappa shape index (κ3) is 3.24. The molecule has 0 unspecified atom stereocenters. The Labute approximate surface area is 159 Å². The minimum absolute atomic E-state index is 0.129. The third-order valence-corrected chi connectivity index (χ3v) is 5.03. The molecule has 0 atom stereocenters. The molecule has 0 spiro atoms. The second kappa shape index (κ2) is 6.77. The van der Waals surface area contributed by atoms with Crippen molar-refractivity contribution in [1.82, 2.24) is 10.0 Å². The van der Waals surface area contributed by atoms with Crippen molar-refractivity contribution in [1.29, 1.82) is 0 Å². The Hall–Kier alpha value is -3.32. The Morgan fingerprint density at radius 3 is 2.44 bits per heavy atom. The van der Waals surface area contributed by atoms with Crippen LogP contribution in [0.2, 0.25) is 0 Å². The normalized spacial score (nSPS) is 13.0. The van der Waals surface area contributed by atoms with E-state index in [4.69, 9.17) is 4.84 Å². The van der Waals surface area contributed by atoms with Crippen molar-refractivity contribution in [3.8, 4) is 10.6 Å². The summed E-state index contributed by atoms with van der Waals surface area (Å²) in [7, 11) is 0. The molecule has 27 heavy (non-hydrogen) atoms. The summed E-state index contributed by atoms with van der Waals surface area (Å²) in [4.78, 5) is 46.1. The van der Waals surface area contributed by atoms with E-state index in [1.165, 1.54) is 23.5 Å². The number of fused-ring (bicyclic) bond motifs is 1. The summed E-state index contributed by atoms with van der Waals surface area (Å²) in [5, 5.41) is 3.07. The maximum Gasteiger partial charge on any atom is 0.339 e. The summed E-state index contributed by atoms with van der Waals surface area (Å²) >= 11 is 1.42. The highest BCUT2D eigenvalue weighted by Gasteiger charge is 2.38. The number of hydrogen-bond donors (Lipinski definition) is 0. The van der Waals surface area contributed by atoms with E-state index in [0.29, 0.717) is 10.8 Å². The quantitative estimate of drug-likeness (QED) is 0.650. The third-order valence-electron chi connectivity index (χ3n) is 4.09. The number of hydrogen-bond acceptors (Lipinski definition) is 6. The zero-order valence-electron chi connectivity index (χ0n) is 14.3. The highest BCUT2D eigenvalue weighted by Crippen LogP contribution is 2.26. The van der Waals surface area contributed by atoms with Crippen molar-refractivity contribution in [2.45, 2.75) is 13.3 Å². The number of benzene rings is 2. The average molecular weight is 378 g/mol. The van der Waals surface area contributed by atoms with Crippen molar-refractivity contribution in [2.24, 2.45) is 0 Å². The summed E-state index contributed by atoms with van der Waals surface area (Å²) in [5.41, 5.74) is 3.07. The van der Waals surface area contributed by atoms with Crippen molar-refractivity contribution in [3.63, 3.8) is 0 Å². The number of hydroxylamine groups is 2. The maximum atomic E-state index is 12.2. The number of thiazole rings is 1. The summed E-state index contributed by atoms with van der Waals surface area (Å²) < 4.78 is 0. The fraction of sp³-hybridized carbons (Fsp3) is 0.100. The maximum absolute atomic E-state index is 12.2. The molecular weight excluding hydrogens is 364 g/mol. The lowest BCUT2D eigenvalue weighted by Gasteiger charge is -2.12. The fourth-order valence-electron chi connectivity index (χ4n) is 2.83. The molecule has 7 heteroatoms. The molecule has 0 aliphatic carbocycles. The first kappa shape index (κ1) is 17.1. The van der Waals surface area contributed by atoms with Crippen LogP contribution >= 0.6 is 11.3 Å². The molecule has 0 radical (unpaired) electrons. The van der Waals surface area contributed by atoms with E-state index in [1.54, 1.807) is 17.5 Å². The van der Waals surface area contributed by atoms with E-state index in [9.17, 15) is 14.4 Å². The molecule has 0 fully saturated rings. The van der Waals surface area contributed by atoms with E-state index >= 15 is 0 Å². The molecule has 2 amide bonds. The number of imide groups is 1. The zero-order valence-corrected chi connectivity index (χ0v) is 15.2. The van der Waals surface area contributed by atoms with Gasteiger partial charge in [-0.1, -0.05) is 41.0 Å². The molecular formula is C20H14N2O4S. The average Bonchev–Trinajstić information content (AvgIpc) is 3.21. The van der Waals surface area contributed by atoms with Crippen LogP contribution in [0.4, 0.5) is 0 Å². The van der Waals surface area contributed by atoms with Gasteiger partial charge in [0.25, 0.3) is 11.8 Å². The standard InChI is InChI=1S/C20H14N2O4S/c1-12-5-4-6-13(9-12)18-21-14(11-27-18)10-17(23)26-22-19(24)15-7-2-3-8-16(15)20(22)25/h2-9,11H,10H2,1H3. The lowest BCUT2D eigenvalue weighted by Crippen LogP contribution is -2.33. The fourth-order valence-corrected chi connectivity index (χ4v) is 3.65. The molecule has 1 aliphatic heterocycles. The van der Waals surface area contributed by atoms with E-state index in [0.717, 1.165) is 16.1 Å². The summed E-state index contributed by atoms with van der Waals surface area (Å²) in [6, 6.07) is 14.3. The topological polar surface area (TPSA) is 76.6 Å². The molecule has 6 nitrogen and oxygen atoms in total. The van der Waals surface area contributed by atoms with Gasteiger partial charge in [-0.3, -0.25) is 9.59 Å². The van der Waals surface area contributed by atoms with Crippen LogP contribution in [-0.2, 0) is 16.1 Å². The Balaban J connectivity index is 1.45. The first-order chi connectivity index (χ1) is 13.0. The van der Waals surface area contributed by atoms with Crippen LogP contribution in [0.3, 0.4) is 0 Å². The van der Waals surface area contributed by atoms with Crippen molar-refractivity contribution in [2.75, 3.05) is 0 Å². The molecule has 0 N–H and O–H groups in total. The van der Waals surface area contributed by atoms with Crippen molar-refractivity contribution < 1.29 is 19.2 Å². The summed E-state index contributed by atoms with van der Waals surface area (Å²) in [5.74, 6) is -1.99. The Kier molecular flexibility index (Phi) is 4.29. The lowest BCUT2D eigenvalue weighted by molar-refractivity contribution is -0.167. The van der Waals surface area contributed by atoms with E-state index in [2.05, 4.69) is 4.98 Å². The number of carbonyl (C=O) groups is 3. The molecule has 0 saturated heterocycles. The van der Waals surface area contributed by atoms with E-state index in [-0.39, 0.29) is 17.5 Å². The SMILES string of the molecule is Cc1cccc(-c2nc(CC(=O)ON3C(=O)c4ccccc4C3=O)cs2)c1. The van der Waals surface area contributed by atoms with Gasteiger partial charge in [-0.2, -0.15) is 0 Å². The largest absolute Gasteiger partial charge is 0.339 e. The van der Waals surface area contributed by atoms with Crippen LogP contribution in [0.15, 0.2) is 53.9 Å². The highest BCUT2D eigenvalue weighted by molar-refractivity contribution is 7.13. The number of carbonyl (C=O) groups excluding carboxylic acids is 3. The Bertz CT molecular complexity index is 1040. The molecule has 0 bridgehead atoms. The zero-order chi connectivity index (χ0) is 19.0. The van der Waals surface area contributed by atoms with Gasteiger partial charge in [0.15, 0.2) is 0 Å². The molecule has 0 saturated carbocycles. The monoisotopic (exact) mass is 378 g/mol. The molecule has 134 valence electrons. The molecule has 4 rings (SSSR count). The molecule has 1 aliphatic rings. The predicted molar refractivity (Wildman–Crippen MR) is 99.0 cm³/mol. The number of nitrogens with zero attached hydrogens (tertiary/aromatic N) is 2. The van der Waals surface area contributed by atoms with Crippen LogP contribution in [-0.4, -0.2) is 27.8 Å². The van der Waals surface area contributed by atoms with Crippen molar-refractivity contribution in [3.05, 3.63) is 76.3 Å². The summed E-state index contributed by atoms with van der Waals surface area (Å²) in [6.07, 6.45) is -0.129.